The van der Waals surface area contributed by atoms with E-state index < -0.39 is 5.97 Å². The Labute approximate surface area is 178 Å². The Bertz CT molecular complexity index is 849. The molecule has 6 heteroatoms. The summed E-state index contributed by atoms with van der Waals surface area (Å²) in [5.74, 6) is -1.59. The van der Waals surface area contributed by atoms with Crippen molar-refractivity contribution in [3.8, 4) is 0 Å². The predicted molar refractivity (Wildman–Crippen MR) is 116 cm³/mol. The largest absolute Gasteiger partial charge is 0.489 e. The van der Waals surface area contributed by atoms with Crippen LogP contribution in [0.5, 0.6) is 0 Å². The monoisotopic (exact) mass is 416 g/mol. The molecule has 0 bridgehead atoms. The van der Waals surface area contributed by atoms with Gasteiger partial charge in [-0.2, -0.15) is 0 Å². The number of ketones is 2. The minimum absolute atomic E-state index is 0.0418. The summed E-state index contributed by atoms with van der Waals surface area (Å²) in [4.78, 5) is 35.8. The Morgan fingerprint density at radius 2 is 1.37 bits per heavy atom. The smallest absolute Gasteiger partial charge is 0.330 e. The van der Waals surface area contributed by atoms with E-state index in [4.69, 9.17) is 14.6 Å². The Morgan fingerprint density at radius 1 is 0.867 bits per heavy atom. The van der Waals surface area contributed by atoms with E-state index in [1.165, 1.54) is 19.8 Å². The SMILES string of the molecule is COC1=C(OC)C(=O)C(C/C=C(\C)CC/C=C(\C)CC/C=C(/C)C(=O)O)=C(C)C1=O. The van der Waals surface area contributed by atoms with Gasteiger partial charge in [0, 0.05) is 16.7 Å². The maximum absolute atomic E-state index is 12.6. The fourth-order valence-electron chi connectivity index (χ4n) is 3.07. The molecule has 1 aliphatic rings. The number of methoxy groups -OCH3 is 2. The van der Waals surface area contributed by atoms with Crippen LogP contribution in [0.1, 0.15) is 59.8 Å². The second-order valence-electron chi connectivity index (χ2n) is 7.40. The summed E-state index contributed by atoms with van der Waals surface area (Å²) in [6.07, 6.45) is 9.45. The first kappa shape index (κ1) is 25.1. The van der Waals surface area contributed by atoms with Gasteiger partial charge in [-0.15, -0.1) is 0 Å². The van der Waals surface area contributed by atoms with Crippen molar-refractivity contribution >= 4 is 17.5 Å². The number of hydrogen-bond acceptors (Lipinski definition) is 5. The molecule has 0 aromatic heterocycles. The van der Waals surface area contributed by atoms with Crippen molar-refractivity contribution in [3.63, 3.8) is 0 Å². The van der Waals surface area contributed by atoms with E-state index in [9.17, 15) is 14.4 Å². The normalized spacial score (nSPS) is 16.4. The molecule has 164 valence electrons. The Morgan fingerprint density at radius 3 is 1.90 bits per heavy atom. The molecule has 0 spiro atoms. The maximum atomic E-state index is 12.6. The first-order chi connectivity index (χ1) is 14.1. The van der Waals surface area contributed by atoms with E-state index in [-0.39, 0.29) is 23.1 Å². The van der Waals surface area contributed by atoms with Crippen molar-refractivity contribution in [3.05, 3.63) is 57.6 Å². The number of hydrogen-bond donors (Lipinski definition) is 1. The number of rotatable bonds is 11. The van der Waals surface area contributed by atoms with Crippen molar-refractivity contribution in [1.82, 2.24) is 0 Å². The Kier molecular flexibility index (Phi) is 10.0. The third-order valence-electron chi connectivity index (χ3n) is 5.11. The summed E-state index contributed by atoms with van der Waals surface area (Å²) < 4.78 is 10.1. The summed E-state index contributed by atoms with van der Waals surface area (Å²) >= 11 is 0. The Hall–Kier alpha value is -2.89. The van der Waals surface area contributed by atoms with Crippen molar-refractivity contribution in [2.45, 2.75) is 59.8 Å². The molecule has 0 aromatic rings. The van der Waals surface area contributed by atoms with Gasteiger partial charge in [0.1, 0.15) is 0 Å². The molecule has 0 saturated heterocycles. The van der Waals surface area contributed by atoms with Crippen LogP contribution in [-0.4, -0.2) is 36.9 Å². The molecule has 0 fully saturated rings. The third kappa shape index (κ3) is 6.87. The number of carboxylic acids is 1. The minimum Gasteiger partial charge on any atom is -0.489 e. The summed E-state index contributed by atoms with van der Waals surface area (Å²) in [5, 5.41) is 8.85. The molecule has 0 aliphatic heterocycles. The quantitative estimate of drug-likeness (QED) is 0.295. The molecule has 0 aromatic carbocycles. The summed E-state index contributed by atoms with van der Waals surface area (Å²) in [6.45, 7) is 7.27. The van der Waals surface area contributed by atoms with Gasteiger partial charge in [0.05, 0.1) is 14.2 Å². The molecule has 0 radical (unpaired) electrons. The first-order valence-electron chi connectivity index (χ1n) is 9.96. The lowest BCUT2D eigenvalue weighted by Crippen LogP contribution is -2.24. The van der Waals surface area contributed by atoms with Crippen LogP contribution in [0, 0.1) is 0 Å². The molecule has 0 atom stereocenters. The van der Waals surface area contributed by atoms with Gasteiger partial charge in [-0.1, -0.05) is 29.4 Å². The highest BCUT2D eigenvalue weighted by Gasteiger charge is 2.33. The van der Waals surface area contributed by atoms with Crippen LogP contribution < -0.4 is 0 Å². The lowest BCUT2D eigenvalue weighted by atomic mass is 9.90. The van der Waals surface area contributed by atoms with E-state index in [1.807, 2.05) is 19.9 Å². The zero-order valence-electron chi connectivity index (χ0n) is 18.8. The topological polar surface area (TPSA) is 89.9 Å². The van der Waals surface area contributed by atoms with E-state index in [2.05, 4.69) is 6.08 Å². The second-order valence-corrected chi connectivity index (χ2v) is 7.40. The molecule has 0 unspecified atom stereocenters. The van der Waals surface area contributed by atoms with Crippen molar-refractivity contribution in [1.29, 1.82) is 0 Å². The highest BCUT2D eigenvalue weighted by atomic mass is 16.5. The Balaban J connectivity index is 2.66. The number of ether oxygens (including phenoxy) is 2. The molecule has 0 amide bonds. The fourth-order valence-corrected chi connectivity index (χ4v) is 3.07. The van der Waals surface area contributed by atoms with Crippen LogP contribution in [-0.2, 0) is 23.9 Å². The number of carboxylic acid groups (broad SMARTS) is 1. The average Bonchev–Trinajstić information content (AvgIpc) is 2.70. The van der Waals surface area contributed by atoms with E-state index in [0.29, 0.717) is 29.6 Å². The number of Topliss-reactive ketones (excluding diaryl/α,β-unsaturated/α-hetero) is 2. The van der Waals surface area contributed by atoms with Gasteiger partial charge in [-0.25, -0.2) is 4.79 Å². The molecule has 1 N–H and O–H groups in total. The minimum atomic E-state index is -0.882. The van der Waals surface area contributed by atoms with Crippen LogP contribution in [0.25, 0.3) is 0 Å². The standard InChI is InChI=1S/C24H32O6/c1-15(11-8-12-17(3)24(27)28)9-7-10-16(2)13-14-19-18(4)20(25)22(29-5)23(30-6)21(19)26/h9,12-13H,7-8,10-11,14H2,1-6H3,(H,27,28)/b15-9+,16-13+,17-12-. The van der Waals surface area contributed by atoms with Crippen LogP contribution in [0.4, 0.5) is 0 Å². The molecular weight excluding hydrogens is 384 g/mol. The van der Waals surface area contributed by atoms with Crippen LogP contribution in [0.2, 0.25) is 0 Å². The van der Waals surface area contributed by atoms with Gasteiger partial charge in [0.15, 0.2) is 0 Å². The maximum Gasteiger partial charge on any atom is 0.330 e. The van der Waals surface area contributed by atoms with Crippen LogP contribution >= 0.6 is 0 Å². The van der Waals surface area contributed by atoms with Crippen LogP contribution in [0.15, 0.2) is 57.6 Å². The number of carbonyl (C=O) groups excluding carboxylic acids is 2. The predicted octanol–water partition coefficient (Wildman–Crippen LogP) is 4.83. The van der Waals surface area contributed by atoms with Crippen molar-refractivity contribution in [2.75, 3.05) is 14.2 Å². The van der Waals surface area contributed by atoms with Gasteiger partial charge < -0.3 is 14.6 Å². The first-order valence-corrected chi connectivity index (χ1v) is 9.96. The summed E-state index contributed by atoms with van der Waals surface area (Å²) in [6, 6.07) is 0. The summed E-state index contributed by atoms with van der Waals surface area (Å²) in [5.41, 5.74) is 3.53. The zero-order valence-corrected chi connectivity index (χ0v) is 18.8. The fraction of sp³-hybridized carbons (Fsp3) is 0.458. The molecule has 6 nitrogen and oxygen atoms in total. The lowest BCUT2D eigenvalue weighted by molar-refractivity contribution is -0.132. The number of carbonyl (C=O) groups is 3. The van der Waals surface area contributed by atoms with Crippen molar-refractivity contribution in [2.24, 2.45) is 0 Å². The molecule has 30 heavy (non-hydrogen) atoms. The molecule has 1 rings (SSSR count). The second kappa shape index (κ2) is 12.0. The molecule has 0 heterocycles. The number of allylic oxidation sites excluding steroid dienone is 7. The van der Waals surface area contributed by atoms with Gasteiger partial charge in [-0.05, 0) is 59.8 Å². The molecule has 0 saturated carbocycles. The van der Waals surface area contributed by atoms with Gasteiger partial charge in [0.25, 0.3) is 0 Å². The van der Waals surface area contributed by atoms with Crippen molar-refractivity contribution < 1.29 is 29.0 Å². The van der Waals surface area contributed by atoms with E-state index in [0.717, 1.165) is 24.8 Å². The lowest BCUT2D eigenvalue weighted by Gasteiger charge is -2.19. The average molecular weight is 417 g/mol. The molecule has 1 aliphatic carbocycles. The summed E-state index contributed by atoms with van der Waals surface area (Å²) in [7, 11) is 2.70. The highest BCUT2D eigenvalue weighted by Crippen LogP contribution is 2.28. The zero-order chi connectivity index (χ0) is 22.8. The van der Waals surface area contributed by atoms with Crippen LogP contribution in [0.3, 0.4) is 0 Å². The van der Waals surface area contributed by atoms with E-state index in [1.54, 1.807) is 19.9 Å². The van der Waals surface area contributed by atoms with Gasteiger partial charge in [0.2, 0.25) is 23.1 Å². The van der Waals surface area contributed by atoms with Gasteiger partial charge in [-0.3, -0.25) is 9.59 Å². The van der Waals surface area contributed by atoms with Gasteiger partial charge >= 0.3 is 5.97 Å². The third-order valence-corrected chi connectivity index (χ3v) is 5.11. The molecular formula is C24H32O6. The van der Waals surface area contributed by atoms with E-state index >= 15 is 0 Å². The number of aliphatic carboxylic acids is 1. The highest BCUT2D eigenvalue weighted by molar-refractivity contribution is 6.23.